The molecule has 4 rings (SSSR count). The van der Waals surface area contributed by atoms with Crippen molar-refractivity contribution in [3.05, 3.63) is 66.2 Å². The zero-order valence-electron chi connectivity index (χ0n) is 14.3. The second-order valence-corrected chi connectivity index (χ2v) is 7.93. The van der Waals surface area contributed by atoms with Crippen LogP contribution in [0, 0.1) is 0 Å². The maximum Gasteiger partial charge on any atom is 0.241 e. The highest BCUT2D eigenvalue weighted by Crippen LogP contribution is 2.33. The lowest BCUT2D eigenvalue weighted by Gasteiger charge is -2.20. The lowest BCUT2D eigenvalue weighted by molar-refractivity contribution is 0.171. The Balaban J connectivity index is 1.65. The first kappa shape index (κ1) is 16.9. The molecule has 26 heavy (non-hydrogen) atoms. The van der Waals surface area contributed by atoms with Gasteiger partial charge in [-0.05, 0) is 35.4 Å². The van der Waals surface area contributed by atoms with Gasteiger partial charge in [-0.3, -0.25) is 0 Å². The van der Waals surface area contributed by atoms with Crippen molar-refractivity contribution in [1.29, 1.82) is 0 Å². The Bertz CT molecular complexity index is 1060. The fraction of sp³-hybridized carbons (Fsp3) is 0.200. The molecule has 0 fully saturated rings. The average Bonchev–Trinajstić information content (AvgIpc) is 2.66. The molecule has 0 aliphatic carbocycles. The Morgan fingerprint density at radius 2 is 1.65 bits per heavy atom. The monoisotopic (exact) mass is 369 g/mol. The molecule has 0 aromatic heterocycles. The van der Waals surface area contributed by atoms with E-state index in [1.807, 2.05) is 49.4 Å². The summed E-state index contributed by atoms with van der Waals surface area (Å²) in [5.74, 6) is 1.02. The molecule has 1 N–H and O–H groups in total. The molecule has 0 saturated heterocycles. The summed E-state index contributed by atoms with van der Waals surface area (Å²) in [6.45, 7) is 2.73. The molecule has 1 heterocycles. The number of nitrogens with one attached hydrogen (secondary N) is 1. The molecule has 3 aromatic rings. The number of ether oxygens (including phenoxy) is 2. The van der Waals surface area contributed by atoms with E-state index in [0.29, 0.717) is 24.7 Å². The minimum atomic E-state index is -3.70. The summed E-state index contributed by atoms with van der Waals surface area (Å²) in [7, 11) is -3.70. The van der Waals surface area contributed by atoms with Crippen molar-refractivity contribution < 1.29 is 17.9 Å². The van der Waals surface area contributed by atoms with Gasteiger partial charge in [-0.25, -0.2) is 13.1 Å². The van der Waals surface area contributed by atoms with Gasteiger partial charge in [0.15, 0.2) is 11.5 Å². The van der Waals surface area contributed by atoms with Gasteiger partial charge in [0.05, 0.1) is 4.90 Å². The lowest BCUT2D eigenvalue weighted by Crippen LogP contribution is -2.27. The van der Waals surface area contributed by atoms with Crippen molar-refractivity contribution in [1.82, 2.24) is 4.72 Å². The van der Waals surface area contributed by atoms with Crippen LogP contribution in [0.25, 0.3) is 10.8 Å². The minimum Gasteiger partial charge on any atom is -0.486 e. The highest BCUT2D eigenvalue weighted by molar-refractivity contribution is 7.89. The molecule has 5 nitrogen and oxygen atoms in total. The molecule has 0 spiro atoms. The molecule has 0 amide bonds. The molecular formula is C20H19NO4S. The molecule has 0 bridgehead atoms. The smallest absolute Gasteiger partial charge is 0.241 e. The molecule has 6 heteroatoms. The maximum atomic E-state index is 12.8. The van der Waals surface area contributed by atoms with Gasteiger partial charge in [0.2, 0.25) is 10.0 Å². The van der Waals surface area contributed by atoms with E-state index in [1.54, 1.807) is 6.07 Å². The third kappa shape index (κ3) is 3.13. The fourth-order valence-electron chi connectivity index (χ4n) is 3.18. The Labute approximate surface area is 152 Å². The first-order chi connectivity index (χ1) is 12.5. The van der Waals surface area contributed by atoms with Gasteiger partial charge in [0.1, 0.15) is 13.2 Å². The number of hydrogen-bond acceptors (Lipinski definition) is 4. The van der Waals surface area contributed by atoms with Crippen LogP contribution in [0.2, 0.25) is 0 Å². The molecule has 3 aromatic carbocycles. The molecule has 134 valence electrons. The predicted octanol–water partition coefficient (Wildman–Crippen LogP) is 3.65. The highest BCUT2D eigenvalue weighted by atomic mass is 32.2. The standard InChI is InChI=1S/C20H19NO4S/c1-14(17-8-4-6-15-5-2-3-7-18(15)17)21-26(22,23)16-9-10-19-20(13-16)25-12-11-24-19/h2-10,13-14,21H,11-12H2,1H3/t14-/m1/s1. The van der Waals surface area contributed by atoms with Crippen LogP contribution < -0.4 is 14.2 Å². The van der Waals surface area contributed by atoms with E-state index in [2.05, 4.69) is 4.72 Å². The minimum absolute atomic E-state index is 0.161. The van der Waals surface area contributed by atoms with Crippen LogP contribution in [0.3, 0.4) is 0 Å². The van der Waals surface area contributed by atoms with Crippen LogP contribution in [0.1, 0.15) is 18.5 Å². The van der Waals surface area contributed by atoms with Crippen molar-refractivity contribution in [3.63, 3.8) is 0 Å². The van der Waals surface area contributed by atoms with Crippen molar-refractivity contribution in [2.45, 2.75) is 17.9 Å². The SMILES string of the molecule is C[C@@H](NS(=O)(=O)c1ccc2c(c1)OCCO2)c1cccc2ccccc12. The van der Waals surface area contributed by atoms with Crippen molar-refractivity contribution in [2.75, 3.05) is 13.2 Å². The first-order valence-electron chi connectivity index (χ1n) is 8.44. The van der Waals surface area contributed by atoms with Crippen molar-refractivity contribution >= 4 is 20.8 Å². The topological polar surface area (TPSA) is 64.6 Å². The number of hydrogen-bond donors (Lipinski definition) is 1. The van der Waals surface area contributed by atoms with Gasteiger partial charge in [-0.2, -0.15) is 0 Å². The molecule has 1 aliphatic rings. The highest BCUT2D eigenvalue weighted by Gasteiger charge is 2.22. The van der Waals surface area contributed by atoms with Crippen LogP contribution in [0.15, 0.2) is 65.6 Å². The first-order valence-corrected chi connectivity index (χ1v) is 9.92. The molecule has 0 radical (unpaired) electrons. The van der Waals surface area contributed by atoms with E-state index in [4.69, 9.17) is 9.47 Å². The number of sulfonamides is 1. The summed E-state index contributed by atoms with van der Waals surface area (Å²) < 4.78 is 39.4. The molecule has 1 aliphatic heterocycles. The molecular weight excluding hydrogens is 350 g/mol. The summed E-state index contributed by atoms with van der Waals surface area (Å²) >= 11 is 0. The van der Waals surface area contributed by atoms with E-state index in [-0.39, 0.29) is 10.9 Å². The third-order valence-corrected chi connectivity index (χ3v) is 5.98. The maximum absolute atomic E-state index is 12.8. The van der Waals surface area contributed by atoms with Gasteiger partial charge in [0.25, 0.3) is 0 Å². The third-order valence-electron chi connectivity index (χ3n) is 4.45. The Hall–Kier alpha value is -2.57. The van der Waals surface area contributed by atoms with E-state index in [0.717, 1.165) is 16.3 Å². The summed E-state index contributed by atoms with van der Waals surface area (Å²) in [6.07, 6.45) is 0. The van der Waals surface area contributed by atoms with Crippen molar-refractivity contribution in [2.24, 2.45) is 0 Å². The number of benzene rings is 3. The van der Waals surface area contributed by atoms with Crippen LogP contribution in [0.5, 0.6) is 11.5 Å². The van der Waals surface area contributed by atoms with Gasteiger partial charge < -0.3 is 9.47 Å². The summed E-state index contributed by atoms with van der Waals surface area (Å²) in [6, 6.07) is 18.1. The van der Waals surface area contributed by atoms with Gasteiger partial charge in [-0.1, -0.05) is 42.5 Å². The number of fused-ring (bicyclic) bond motifs is 2. The second kappa shape index (κ2) is 6.63. The Kier molecular flexibility index (Phi) is 4.30. The van der Waals surface area contributed by atoms with E-state index < -0.39 is 10.0 Å². The molecule has 0 unspecified atom stereocenters. The zero-order valence-corrected chi connectivity index (χ0v) is 15.1. The Morgan fingerprint density at radius 1 is 0.923 bits per heavy atom. The van der Waals surface area contributed by atoms with E-state index in [1.165, 1.54) is 12.1 Å². The summed E-state index contributed by atoms with van der Waals surface area (Å²) in [4.78, 5) is 0.161. The van der Waals surface area contributed by atoms with Crippen LogP contribution in [0.4, 0.5) is 0 Å². The summed E-state index contributed by atoms with van der Waals surface area (Å²) in [5, 5.41) is 2.11. The molecule has 1 atom stereocenters. The quantitative estimate of drug-likeness (QED) is 0.762. The lowest BCUT2D eigenvalue weighted by atomic mass is 10.0. The Morgan fingerprint density at radius 3 is 2.50 bits per heavy atom. The van der Waals surface area contributed by atoms with Gasteiger partial charge in [0, 0.05) is 12.1 Å². The largest absolute Gasteiger partial charge is 0.486 e. The number of rotatable bonds is 4. The normalized spacial score (nSPS) is 15.0. The van der Waals surface area contributed by atoms with E-state index >= 15 is 0 Å². The van der Waals surface area contributed by atoms with Crippen molar-refractivity contribution in [3.8, 4) is 11.5 Å². The van der Waals surface area contributed by atoms with E-state index in [9.17, 15) is 8.42 Å². The average molecular weight is 369 g/mol. The predicted molar refractivity (Wildman–Crippen MR) is 100 cm³/mol. The van der Waals surface area contributed by atoms with Gasteiger partial charge in [-0.15, -0.1) is 0 Å². The zero-order chi connectivity index (χ0) is 18.1. The summed E-state index contributed by atoms with van der Waals surface area (Å²) in [5.41, 5.74) is 0.934. The van der Waals surface area contributed by atoms with Crippen LogP contribution in [-0.2, 0) is 10.0 Å². The van der Waals surface area contributed by atoms with Crippen LogP contribution >= 0.6 is 0 Å². The second-order valence-electron chi connectivity index (χ2n) is 6.22. The molecule has 0 saturated carbocycles. The van der Waals surface area contributed by atoms with Gasteiger partial charge >= 0.3 is 0 Å². The van der Waals surface area contributed by atoms with Crippen LogP contribution in [-0.4, -0.2) is 21.6 Å². The fourth-order valence-corrected chi connectivity index (χ4v) is 4.42.